The van der Waals surface area contributed by atoms with Crippen LogP contribution in [0, 0.1) is 29.5 Å². The number of rotatable bonds is 31. The number of fused-ring (bicyclic) bond motifs is 1. The molecule has 2 aliphatic rings. The zero-order chi connectivity index (χ0) is 58.8. The summed E-state index contributed by atoms with van der Waals surface area (Å²) >= 11 is 0. The van der Waals surface area contributed by atoms with Gasteiger partial charge >= 0.3 is 16.3 Å². The topological polar surface area (TPSA) is 371 Å². The molecule has 81 heavy (non-hydrogen) atoms. The molecule has 26 nitrogen and oxygen atoms in total. The Hall–Kier alpha value is -7.46. The van der Waals surface area contributed by atoms with E-state index in [1.807, 2.05) is 0 Å². The number of nitrogen functional groups attached to an aromatic ring is 1. The number of ketones is 1. The number of imide groups is 1. The summed E-state index contributed by atoms with van der Waals surface area (Å²) in [6.07, 6.45) is -0.632. The summed E-state index contributed by atoms with van der Waals surface area (Å²) in [4.78, 5) is 81.0. The number of aromatic nitrogens is 3. The molecule has 0 aliphatic carbocycles. The number of ether oxygens (including phenoxy) is 5. The molecule has 4 aromatic rings. The first-order valence-corrected chi connectivity index (χ1v) is 27.4. The summed E-state index contributed by atoms with van der Waals surface area (Å²) in [5.74, 6) is 1.95. The van der Waals surface area contributed by atoms with Crippen LogP contribution in [0.4, 0.5) is 20.7 Å². The van der Waals surface area contributed by atoms with Crippen LogP contribution < -0.4 is 41.9 Å². The predicted octanol–water partition coefficient (Wildman–Crippen LogP) is 0.199. The molecule has 2 aromatic heterocycles. The molecule has 0 saturated carbocycles. The van der Waals surface area contributed by atoms with E-state index >= 15 is 4.39 Å². The van der Waals surface area contributed by atoms with Gasteiger partial charge in [-0.3, -0.25) is 33.1 Å². The fraction of sp³-hybridized carbons (Fsp3) is 0.472. The Labute approximate surface area is 466 Å². The number of halogens is 1. The Balaban J connectivity index is 1.11. The lowest BCUT2D eigenvalue weighted by molar-refractivity contribution is -0.668. The number of Topliss-reactive ketones (excluding diaryl/α,β-unsaturated/α-hetero) is 1. The summed E-state index contributed by atoms with van der Waals surface area (Å²) in [7, 11) is -4.45. The first-order valence-electron chi connectivity index (χ1n) is 26.0. The second-order valence-corrected chi connectivity index (χ2v) is 20.3. The molecule has 1 saturated heterocycles. The summed E-state index contributed by atoms with van der Waals surface area (Å²) in [5, 5.41) is 35.7. The Morgan fingerprint density at radius 3 is 2.28 bits per heavy atom. The minimum Gasteiger partial charge on any atom is -0.492 e. The smallest absolute Gasteiger partial charge is 0.333 e. The average molecular weight is 1150 g/mol. The summed E-state index contributed by atoms with van der Waals surface area (Å²) < 4.78 is 74.1. The molecule has 0 radical (unpaired) electrons. The van der Waals surface area contributed by atoms with Gasteiger partial charge in [-0.2, -0.15) is 8.42 Å². The van der Waals surface area contributed by atoms with Crippen molar-refractivity contribution < 1.29 is 84.2 Å². The number of anilines is 2. The number of nitrogens with zero attached hydrogens (tertiary/aromatic N) is 4. The van der Waals surface area contributed by atoms with Crippen LogP contribution in [0.25, 0.3) is 11.0 Å². The molecular weight excluding hydrogens is 1080 g/mol. The Bertz CT molecular complexity index is 3080. The lowest BCUT2D eigenvalue weighted by Gasteiger charge is -2.24. The van der Waals surface area contributed by atoms with Gasteiger partial charge in [-0.05, 0) is 55.5 Å². The highest BCUT2D eigenvalue weighted by Gasteiger charge is 2.47. The normalized spacial score (nSPS) is 17.8. The Morgan fingerprint density at radius 2 is 1.63 bits per heavy atom. The second-order valence-electron chi connectivity index (χ2n) is 19.1. The molecule has 6 atom stereocenters. The van der Waals surface area contributed by atoms with Crippen LogP contribution in [0.15, 0.2) is 67.1 Å². The molecule has 6 amide bonds. The Morgan fingerprint density at radius 1 is 0.951 bits per heavy atom. The number of primary amides is 1. The van der Waals surface area contributed by atoms with E-state index in [2.05, 4.69) is 37.0 Å². The SMILES string of the molecule is CCOc1cccc(F)c1C#Cc1cn([C@@H]2O[C@H](COS(N)(=O)=O)[C@@H](O)[C@H]2O)c2c1c(N)nc[n+]2Cc1ccc(NC(=O)[C@H](CCCNC(N)=O)CC(=O)[C@@H](NC(=O)CCOCCOCCOCCN2C(=O)C=CC2=O)C(C)C)cc1. The van der Waals surface area contributed by atoms with Crippen molar-refractivity contribution in [1.82, 2.24) is 25.1 Å². The van der Waals surface area contributed by atoms with Crippen LogP contribution in [-0.4, -0.2) is 159 Å². The van der Waals surface area contributed by atoms with Crippen molar-refractivity contribution in [2.75, 3.05) is 77.0 Å². The van der Waals surface area contributed by atoms with Gasteiger partial charge in [0.1, 0.15) is 40.8 Å². The van der Waals surface area contributed by atoms with E-state index in [0.29, 0.717) is 17.7 Å². The number of carbonyl (C=O) groups is 6. The fourth-order valence-electron chi connectivity index (χ4n) is 8.77. The van der Waals surface area contributed by atoms with Gasteiger partial charge in [-0.1, -0.05) is 48.9 Å². The molecule has 2 aromatic carbocycles. The third-order valence-corrected chi connectivity index (χ3v) is 13.3. The maximum Gasteiger partial charge on any atom is 0.333 e. The van der Waals surface area contributed by atoms with Gasteiger partial charge in [-0.15, -0.1) is 0 Å². The molecule has 6 rings (SSSR count). The third kappa shape index (κ3) is 18.0. The van der Waals surface area contributed by atoms with Crippen LogP contribution in [0.2, 0.25) is 0 Å². The molecule has 0 unspecified atom stereocenters. The molecular formula is C53H68FN10O16S+. The van der Waals surface area contributed by atoms with Crippen LogP contribution in [-0.2, 0) is 64.0 Å². The lowest BCUT2D eigenvalue weighted by Crippen LogP contribution is -2.45. The van der Waals surface area contributed by atoms with E-state index in [4.69, 9.17) is 40.3 Å². The van der Waals surface area contributed by atoms with Gasteiger partial charge in [0.15, 0.2) is 5.78 Å². The largest absolute Gasteiger partial charge is 0.492 e. The fourth-order valence-corrected chi connectivity index (χ4v) is 9.10. The first-order chi connectivity index (χ1) is 38.6. The van der Waals surface area contributed by atoms with Crippen molar-refractivity contribution in [2.24, 2.45) is 22.7 Å². The lowest BCUT2D eigenvalue weighted by atomic mass is 9.89. The number of carbonyl (C=O) groups excluding carboxylic acids is 6. The molecule has 438 valence electrons. The third-order valence-electron chi connectivity index (χ3n) is 12.8. The highest BCUT2D eigenvalue weighted by molar-refractivity contribution is 7.84. The summed E-state index contributed by atoms with van der Waals surface area (Å²) in [5.41, 5.74) is 13.2. The maximum atomic E-state index is 15.2. The second kappa shape index (κ2) is 29.8. The van der Waals surface area contributed by atoms with Crippen molar-refractivity contribution in [3.63, 3.8) is 0 Å². The van der Waals surface area contributed by atoms with Gasteiger partial charge in [0.25, 0.3) is 11.8 Å². The van der Waals surface area contributed by atoms with Crippen molar-refractivity contribution in [2.45, 2.75) is 83.6 Å². The number of aliphatic hydroxyl groups is 2. The highest BCUT2D eigenvalue weighted by Crippen LogP contribution is 2.35. The zero-order valence-corrected chi connectivity index (χ0v) is 45.7. The molecule has 0 bridgehead atoms. The van der Waals surface area contributed by atoms with E-state index in [-0.39, 0.29) is 142 Å². The van der Waals surface area contributed by atoms with Gasteiger partial charge in [-0.25, -0.2) is 23.5 Å². The van der Waals surface area contributed by atoms with Crippen LogP contribution >= 0.6 is 0 Å². The monoisotopic (exact) mass is 1150 g/mol. The number of amides is 6. The molecule has 4 heterocycles. The molecule has 28 heteroatoms. The van der Waals surface area contributed by atoms with E-state index < -0.39 is 77.1 Å². The van der Waals surface area contributed by atoms with Gasteiger partial charge < -0.3 is 61.3 Å². The van der Waals surface area contributed by atoms with E-state index in [1.165, 1.54) is 41.4 Å². The van der Waals surface area contributed by atoms with Crippen LogP contribution in [0.1, 0.15) is 69.4 Å². The van der Waals surface area contributed by atoms with Gasteiger partial charge in [0.05, 0.1) is 83.7 Å². The molecule has 0 spiro atoms. The quantitative estimate of drug-likeness (QED) is 0.0144. The molecule has 1 fully saturated rings. The first kappa shape index (κ1) is 62.7. The number of benzene rings is 2. The number of aliphatic hydroxyl groups excluding tert-OH is 2. The number of hydrogen-bond donors (Lipinski definition) is 8. The average Bonchev–Trinajstić information content (AvgIpc) is 4.30. The highest BCUT2D eigenvalue weighted by atomic mass is 32.2. The van der Waals surface area contributed by atoms with E-state index in [0.717, 1.165) is 4.90 Å². The summed E-state index contributed by atoms with van der Waals surface area (Å²) in [6.45, 7) is 6.18. The number of hydrogen-bond acceptors (Lipinski definition) is 18. The minimum atomic E-state index is -4.45. The molecule has 11 N–H and O–H groups in total. The molecule has 2 aliphatic heterocycles. The van der Waals surface area contributed by atoms with E-state index in [1.54, 1.807) is 55.7 Å². The van der Waals surface area contributed by atoms with Crippen molar-refractivity contribution in [3.8, 4) is 17.6 Å². The standard InChI is InChI=1S/C53H67FN10O16S/c1-4-78-40-9-5-8-38(54)37(40)15-12-35-29-64(52-48(70)47(69)41(80-52)30-79-81(57,73)74)51-45(35)49(55)59-31-62(51)28-33-10-13-36(14-11-33)60-50(71)34(7-6-19-58-53(56)72)27-39(65)46(32(2)3)61-42(66)18-21-75-23-25-77-26-24-76-22-20-63-43(67)16-17-44(63)68/h5,8-11,13-14,16-17,29,31-32,34,41,46-48,52,55,69-70H,4,6-7,18-28,30H2,1-3H3,(H7,56,57,58,60,61,66,71,72,73,74)/p+1/t34-,41-,46+,47-,48-,52-/m1/s1. The van der Waals surface area contributed by atoms with Crippen LogP contribution in [0.3, 0.4) is 0 Å². The van der Waals surface area contributed by atoms with Crippen molar-refractivity contribution >= 4 is 68.3 Å². The Kier molecular flexibility index (Phi) is 23.1. The van der Waals surface area contributed by atoms with Crippen LogP contribution in [0.5, 0.6) is 5.75 Å². The zero-order valence-electron chi connectivity index (χ0n) is 44.9. The van der Waals surface area contributed by atoms with Crippen molar-refractivity contribution in [3.05, 3.63) is 89.6 Å². The van der Waals surface area contributed by atoms with Gasteiger partial charge in [0.2, 0.25) is 35.8 Å². The minimum absolute atomic E-state index is 0.0162. The number of urea groups is 1. The predicted molar refractivity (Wildman–Crippen MR) is 287 cm³/mol. The van der Waals surface area contributed by atoms with Gasteiger partial charge in [0, 0.05) is 43.1 Å². The maximum absolute atomic E-state index is 15.2. The summed E-state index contributed by atoms with van der Waals surface area (Å²) in [6, 6.07) is 9.24. The number of nitrogens with one attached hydrogen (secondary N) is 3. The van der Waals surface area contributed by atoms with Crippen molar-refractivity contribution in [1.29, 1.82) is 0 Å². The number of nitrogens with two attached hydrogens (primary N) is 3. The van der Waals surface area contributed by atoms with E-state index in [9.17, 15) is 47.4 Å².